The number of ether oxygens (including phenoxy) is 1. The molecule has 1 amide bonds. The van der Waals surface area contributed by atoms with Gasteiger partial charge in [-0.1, -0.05) is 30.3 Å². The molecule has 0 saturated carbocycles. The van der Waals surface area contributed by atoms with Crippen molar-refractivity contribution in [2.24, 2.45) is 0 Å². The topological polar surface area (TPSA) is 97.7 Å². The van der Waals surface area contributed by atoms with Gasteiger partial charge in [0, 0.05) is 18.1 Å². The van der Waals surface area contributed by atoms with Crippen LogP contribution in [0.2, 0.25) is 0 Å². The summed E-state index contributed by atoms with van der Waals surface area (Å²) in [6, 6.07) is 19.1. The molecule has 0 saturated heterocycles. The summed E-state index contributed by atoms with van der Waals surface area (Å²) >= 11 is 0. The Hall–Kier alpha value is -3.94. The van der Waals surface area contributed by atoms with E-state index in [2.05, 4.69) is 25.9 Å². The molecule has 0 aliphatic heterocycles. The highest BCUT2D eigenvalue weighted by Gasteiger charge is 2.18. The number of anilines is 1. The summed E-state index contributed by atoms with van der Waals surface area (Å²) in [4.78, 5) is 12.8. The number of carbonyl (C=O) groups is 1. The maximum Gasteiger partial charge on any atom is 0.226 e. The number of rotatable bonds is 7. The van der Waals surface area contributed by atoms with E-state index in [1.165, 1.54) is 0 Å². The number of hydrogen-bond acceptors (Lipinski definition) is 5. The van der Waals surface area contributed by atoms with Crippen LogP contribution < -0.4 is 10.1 Å². The predicted molar refractivity (Wildman–Crippen MR) is 108 cm³/mol. The smallest absolute Gasteiger partial charge is 0.226 e. The highest BCUT2D eigenvalue weighted by molar-refractivity contribution is 5.92. The third-order valence-electron chi connectivity index (χ3n) is 4.62. The number of H-pyrrole nitrogens is 1. The van der Waals surface area contributed by atoms with Crippen molar-refractivity contribution in [3.05, 3.63) is 78.6 Å². The fourth-order valence-electron chi connectivity index (χ4n) is 3.25. The molecule has 2 aromatic heterocycles. The Morgan fingerprint density at radius 1 is 1.14 bits per heavy atom. The van der Waals surface area contributed by atoms with Crippen molar-refractivity contribution < 1.29 is 9.53 Å². The highest BCUT2D eigenvalue weighted by atomic mass is 16.5. The molecule has 29 heavy (non-hydrogen) atoms. The van der Waals surface area contributed by atoms with Crippen molar-refractivity contribution in [3.63, 3.8) is 0 Å². The van der Waals surface area contributed by atoms with Gasteiger partial charge in [-0.2, -0.15) is 5.21 Å². The first-order valence-electron chi connectivity index (χ1n) is 9.13. The lowest BCUT2D eigenvalue weighted by Crippen LogP contribution is -2.19. The second-order valence-corrected chi connectivity index (χ2v) is 6.46. The number of nitrogens with zero attached hydrogens (tertiary/aromatic N) is 4. The average molecular weight is 388 g/mol. The van der Waals surface area contributed by atoms with Crippen LogP contribution in [0.5, 0.6) is 5.75 Å². The SMILES string of the molecule is COc1ccc(NC(=O)C[C@H](c2ccccc2)n2cccc2)cc1-c1nn[nH]n1. The first-order chi connectivity index (χ1) is 14.2. The summed E-state index contributed by atoms with van der Waals surface area (Å²) in [6.07, 6.45) is 4.22. The molecule has 0 aliphatic rings. The number of hydrogen-bond donors (Lipinski definition) is 2. The van der Waals surface area contributed by atoms with E-state index in [0.717, 1.165) is 5.56 Å². The molecule has 4 aromatic rings. The normalized spacial score (nSPS) is 11.8. The van der Waals surface area contributed by atoms with Gasteiger partial charge >= 0.3 is 0 Å². The highest BCUT2D eigenvalue weighted by Crippen LogP contribution is 2.30. The first kappa shape index (κ1) is 18.4. The number of methoxy groups -OCH3 is 1. The van der Waals surface area contributed by atoms with Crippen LogP contribution in [0.4, 0.5) is 5.69 Å². The second kappa shape index (κ2) is 8.39. The molecule has 146 valence electrons. The number of nitrogens with one attached hydrogen (secondary N) is 2. The Morgan fingerprint density at radius 2 is 1.93 bits per heavy atom. The molecule has 4 rings (SSSR count). The Labute approximate surface area is 167 Å². The minimum Gasteiger partial charge on any atom is -0.496 e. The molecule has 0 fully saturated rings. The molecule has 0 bridgehead atoms. The maximum absolute atomic E-state index is 12.8. The molecule has 8 nitrogen and oxygen atoms in total. The van der Waals surface area contributed by atoms with Crippen molar-refractivity contribution in [1.82, 2.24) is 25.2 Å². The first-order valence-corrected chi connectivity index (χ1v) is 9.13. The van der Waals surface area contributed by atoms with Gasteiger partial charge in [0.1, 0.15) is 5.75 Å². The van der Waals surface area contributed by atoms with Gasteiger partial charge < -0.3 is 14.6 Å². The summed E-state index contributed by atoms with van der Waals surface area (Å²) in [5.74, 6) is 0.892. The van der Waals surface area contributed by atoms with Crippen LogP contribution in [-0.4, -0.2) is 38.2 Å². The van der Waals surface area contributed by atoms with Crippen molar-refractivity contribution in [1.29, 1.82) is 0 Å². The number of tetrazole rings is 1. The molecular formula is C21H20N6O2. The van der Waals surface area contributed by atoms with E-state index in [0.29, 0.717) is 29.2 Å². The van der Waals surface area contributed by atoms with Gasteiger partial charge in [0.05, 0.1) is 25.1 Å². The largest absolute Gasteiger partial charge is 0.496 e. The minimum absolute atomic E-state index is 0.0962. The fourth-order valence-corrected chi connectivity index (χ4v) is 3.25. The second-order valence-electron chi connectivity index (χ2n) is 6.46. The van der Waals surface area contributed by atoms with Gasteiger partial charge in [-0.3, -0.25) is 4.79 Å². The number of amides is 1. The number of aromatic nitrogens is 5. The van der Waals surface area contributed by atoms with Crippen LogP contribution in [0.25, 0.3) is 11.4 Å². The average Bonchev–Trinajstić information content (AvgIpc) is 3.47. The monoisotopic (exact) mass is 388 g/mol. The molecule has 1 atom stereocenters. The van der Waals surface area contributed by atoms with Crippen molar-refractivity contribution in [3.8, 4) is 17.1 Å². The number of carbonyl (C=O) groups excluding carboxylic acids is 1. The zero-order valence-corrected chi connectivity index (χ0v) is 15.8. The molecular weight excluding hydrogens is 368 g/mol. The zero-order valence-electron chi connectivity index (χ0n) is 15.8. The Kier molecular flexibility index (Phi) is 5.33. The fraction of sp³-hybridized carbons (Fsp3) is 0.143. The van der Waals surface area contributed by atoms with Crippen molar-refractivity contribution in [2.75, 3.05) is 12.4 Å². The Balaban J connectivity index is 1.55. The maximum atomic E-state index is 12.8. The number of aromatic amines is 1. The van der Waals surface area contributed by atoms with E-state index in [-0.39, 0.29) is 11.9 Å². The van der Waals surface area contributed by atoms with Crippen molar-refractivity contribution >= 4 is 11.6 Å². The van der Waals surface area contributed by atoms with E-state index in [4.69, 9.17) is 4.74 Å². The Morgan fingerprint density at radius 3 is 2.62 bits per heavy atom. The van der Waals surface area contributed by atoms with Crippen LogP contribution in [0.3, 0.4) is 0 Å². The minimum atomic E-state index is -0.100. The van der Waals surface area contributed by atoms with Gasteiger partial charge in [0.25, 0.3) is 0 Å². The molecule has 8 heteroatoms. The van der Waals surface area contributed by atoms with Gasteiger partial charge in [-0.05, 0) is 41.1 Å². The van der Waals surface area contributed by atoms with Crippen LogP contribution >= 0.6 is 0 Å². The molecule has 0 aliphatic carbocycles. The summed E-state index contributed by atoms with van der Waals surface area (Å²) in [5, 5.41) is 17.0. The van der Waals surface area contributed by atoms with Crippen LogP contribution in [-0.2, 0) is 4.79 Å². The molecule has 2 aromatic carbocycles. The molecule has 0 radical (unpaired) electrons. The van der Waals surface area contributed by atoms with E-state index in [1.807, 2.05) is 59.4 Å². The van der Waals surface area contributed by atoms with E-state index < -0.39 is 0 Å². The van der Waals surface area contributed by atoms with Gasteiger partial charge in [-0.15, -0.1) is 10.2 Å². The van der Waals surface area contributed by atoms with Crippen molar-refractivity contribution in [2.45, 2.75) is 12.5 Å². The van der Waals surface area contributed by atoms with E-state index in [1.54, 1.807) is 25.3 Å². The summed E-state index contributed by atoms with van der Waals surface area (Å²) in [5.41, 5.74) is 2.35. The number of benzene rings is 2. The van der Waals surface area contributed by atoms with Crippen LogP contribution in [0.1, 0.15) is 18.0 Å². The molecule has 2 heterocycles. The van der Waals surface area contributed by atoms with E-state index >= 15 is 0 Å². The summed E-state index contributed by atoms with van der Waals surface area (Å²) in [7, 11) is 1.57. The van der Waals surface area contributed by atoms with Gasteiger partial charge in [0.2, 0.25) is 11.7 Å². The van der Waals surface area contributed by atoms with Crippen LogP contribution in [0.15, 0.2) is 73.1 Å². The van der Waals surface area contributed by atoms with Gasteiger partial charge in [-0.25, -0.2) is 0 Å². The molecule has 2 N–H and O–H groups in total. The van der Waals surface area contributed by atoms with Gasteiger partial charge in [0.15, 0.2) is 0 Å². The summed E-state index contributed by atoms with van der Waals surface area (Å²) < 4.78 is 7.40. The third kappa shape index (κ3) is 4.16. The summed E-state index contributed by atoms with van der Waals surface area (Å²) in [6.45, 7) is 0. The predicted octanol–water partition coefficient (Wildman–Crippen LogP) is 3.30. The zero-order chi connectivity index (χ0) is 20.1. The van der Waals surface area contributed by atoms with Crippen LogP contribution in [0, 0.1) is 0 Å². The molecule has 0 spiro atoms. The Bertz CT molecular complexity index is 1060. The lowest BCUT2D eigenvalue weighted by atomic mass is 10.0. The lowest BCUT2D eigenvalue weighted by Gasteiger charge is -2.19. The standard InChI is InChI=1S/C21H20N6O2/c1-29-19-10-9-16(13-17(19)21-23-25-26-24-21)22-20(28)14-18(27-11-5-6-12-27)15-7-3-2-4-8-15/h2-13,18H,14H2,1H3,(H,22,28)(H,23,24,25,26)/t18-/m1/s1. The molecule has 0 unspecified atom stereocenters. The lowest BCUT2D eigenvalue weighted by molar-refractivity contribution is -0.116. The third-order valence-corrected chi connectivity index (χ3v) is 4.62. The van der Waals surface area contributed by atoms with E-state index in [9.17, 15) is 4.79 Å². The quantitative estimate of drug-likeness (QED) is 0.506.